The van der Waals surface area contributed by atoms with E-state index in [1.54, 1.807) is 0 Å². The van der Waals surface area contributed by atoms with Gasteiger partial charge in [-0.15, -0.1) is 0 Å². The standard InChI is InChI=1S/C17H30N4O3/c1-2-20-11-12-21(17(24)16(20)23)13-15(22)19-10-9-18-14-7-5-3-4-6-8-14/h14,18H,2-13H2,1H3,(H,19,22). The predicted molar refractivity (Wildman–Crippen MR) is 91.3 cm³/mol. The molecule has 0 aromatic heterocycles. The Labute approximate surface area is 144 Å². The highest BCUT2D eigenvalue weighted by atomic mass is 16.2. The van der Waals surface area contributed by atoms with Crippen LogP contribution in [0.1, 0.15) is 45.4 Å². The number of carbonyl (C=O) groups is 3. The molecule has 1 aliphatic carbocycles. The highest BCUT2D eigenvalue weighted by molar-refractivity contribution is 6.35. The fourth-order valence-corrected chi connectivity index (χ4v) is 3.36. The molecule has 0 spiro atoms. The smallest absolute Gasteiger partial charge is 0.312 e. The summed E-state index contributed by atoms with van der Waals surface area (Å²) in [5.41, 5.74) is 0. The number of hydrogen-bond donors (Lipinski definition) is 2. The summed E-state index contributed by atoms with van der Waals surface area (Å²) in [7, 11) is 0. The summed E-state index contributed by atoms with van der Waals surface area (Å²) in [5, 5.41) is 6.32. The van der Waals surface area contributed by atoms with Gasteiger partial charge in [-0.05, 0) is 19.8 Å². The third kappa shape index (κ3) is 5.47. The summed E-state index contributed by atoms with van der Waals surface area (Å²) < 4.78 is 0. The lowest BCUT2D eigenvalue weighted by Crippen LogP contribution is -2.56. The number of nitrogens with one attached hydrogen (secondary N) is 2. The molecule has 2 fully saturated rings. The molecule has 0 aromatic carbocycles. The molecule has 1 saturated carbocycles. The van der Waals surface area contributed by atoms with Crippen LogP contribution in [0.4, 0.5) is 0 Å². The molecule has 2 rings (SSSR count). The van der Waals surface area contributed by atoms with Crippen LogP contribution in [0, 0.1) is 0 Å². The first-order valence-corrected chi connectivity index (χ1v) is 9.20. The zero-order valence-electron chi connectivity index (χ0n) is 14.7. The van der Waals surface area contributed by atoms with Gasteiger partial charge >= 0.3 is 11.8 Å². The second kappa shape index (κ2) is 9.61. The predicted octanol–water partition coefficient (Wildman–Crippen LogP) is 0.106. The highest BCUT2D eigenvalue weighted by Crippen LogP contribution is 2.16. The summed E-state index contributed by atoms with van der Waals surface area (Å²) in [4.78, 5) is 38.6. The first-order chi connectivity index (χ1) is 11.6. The normalized spacial score (nSPS) is 20.2. The average molecular weight is 338 g/mol. The van der Waals surface area contributed by atoms with Crippen LogP contribution in [-0.2, 0) is 14.4 Å². The fraction of sp³-hybridized carbons (Fsp3) is 0.824. The maximum absolute atomic E-state index is 12.0. The molecule has 0 unspecified atom stereocenters. The minimum absolute atomic E-state index is 0.0362. The Morgan fingerprint density at radius 1 is 1.00 bits per heavy atom. The monoisotopic (exact) mass is 338 g/mol. The molecule has 0 aromatic rings. The number of piperazine rings is 1. The number of carbonyl (C=O) groups excluding carboxylic acids is 3. The van der Waals surface area contributed by atoms with Crippen molar-refractivity contribution in [2.75, 3.05) is 39.3 Å². The summed E-state index contributed by atoms with van der Waals surface area (Å²) >= 11 is 0. The van der Waals surface area contributed by atoms with Crippen molar-refractivity contribution in [2.45, 2.75) is 51.5 Å². The summed E-state index contributed by atoms with van der Waals surface area (Å²) in [6.07, 6.45) is 7.65. The minimum Gasteiger partial charge on any atom is -0.353 e. The van der Waals surface area contributed by atoms with E-state index in [1.165, 1.54) is 48.3 Å². The highest BCUT2D eigenvalue weighted by Gasteiger charge is 2.32. The largest absolute Gasteiger partial charge is 0.353 e. The molecular weight excluding hydrogens is 308 g/mol. The maximum Gasteiger partial charge on any atom is 0.312 e. The van der Waals surface area contributed by atoms with Gasteiger partial charge in [0.15, 0.2) is 0 Å². The van der Waals surface area contributed by atoms with Crippen molar-refractivity contribution in [3.8, 4) is 0 Å². The van der Waals surface area contributed by atoms with Gasteiger partial charge in [-0.3, -0.25) is 14.4 Å². The van der Waals surface area contributed by atoms with E-state index in [0.29, 0.717) is 32.2 Å². The van der Waals surface area contributed by atoms with Crippen molar-refractivity contribution < 1.29 is 14.4 Å². The third-order valence-corrected chi connectivity index (χ3v) is 4.85. The maximum atomic E-state index is 12.0. The van der Waals surface area contributed by atoms with Gasteiger partial charge in [-0.25, -0.2) is 0 Å². The van der Waals surface area contributed by atoms with Crippen LogP contribution in [0.25, 0.3) is 0 Å². The topological polar surface area (TPSA) is 81.8 Å². The van der Waals surface area contributed by atoms with Crippen molar-refractivity contribution in [3.05, 3.63) is 0 Å². The Morgan fingerprint density at radius 2 is 1.62 bits per heavy atom. The number of hydrogen-bond acceptors (Lipinski definition) is 4. The van der Waals surface area contributed by atoms with Crippen LogP contribution in [0.15, 0.2) is 0 Å². The SMILES string of the molecule is CCN1CCN(CC(=O)NCCNC2CCCCCC2)C(=O)C1=O. The van der Waals surface area contributed by atoms with E-state index < -0.39 is 11.8 Å². The molecule has 24 heavy (non-hydrogen) atoms. The lowest BCUT2D eigenvalue weighted by molar-refractivity contribution is -0.156. The molecule has 3 amide bonds. The molecule has 1 saturated heterocycles. The van der Waals surface area contributed by atoms with E-state index in [0.717, 1.165) is 6.54 Å². The Balaban J connectivity index is 1.62. The second-order valence-electron chi connectivity index (χ2n) is 6.60. The number of likely N-dealkylation sites (N-methyl/N-ethyl adjacent to an activating group) is 1. The van der Waals surface area contributed by atoms with Crippen LogP contribution in [0.5, 0.6) is 0 Å². The first kappa shape index (κ1) is 18.7. The number of rotatable bonds is 7. The Morgan fingerprint density at radius 3 is 2.29 bits per heavy atom. The van der Waals surface area contributed by atoms with Crippen LogP contribution >= 0.6 is 0 Å². The van der Waals surface area contributed by atoms with Gasteiger partial charge in [0.05, 0.1) is 0 Å². The van der Waals surface area contributed by atoms with Crippen LogP contribution in [0.2, 0.25) is 0 Å². The van der Waals surface area contributed by atoms with Crippen molar-refractivity contribution in [3.63, 3.8) is 0 Å². The minimum atomic E-state index is -0.574. The number of amides is 3. The Kier molecular flexibility index (Phi) is 7.49. The molecule has 1 heterocycles. The molecular formula is C17H30N4O3. The Hall–Kier alpha value is -1.63. The van der Waals surface area contributed by atoms with E-state index in [-0.39, 0.29) is 12.5 Å². The lowest BCUT2D eigenvalue weighted by Gasteiger charge is -2.32. The van der Waals surface area contributed by atoms with Crippen LogP contribution < -0.4 is 10.6 Å². The average Bonchev–Trinajstić information content (AvgIpc) is 2.85. The summed E-state index contributed by atoms with van der Waals surface area (Å²) in [6, 6.07) is 0.561. The Bertz CT molecular complexity index is 447. The van der Waals surface area contributed by atoms with Gasteiger partial charge in [0, 0.05) is 38.8 Å². The van der Waals surface area contributed by atoms with E-state index in [4.69, 9.17) is 0 Å². The molecule has 7 nitrogen and oxygen atoms in total. The zero-order valence-corrected chi connectivity index (χ0v) is 14.7. The van der Waals surface area contributed by atoms with Crippen LogP contribution in [0.3, 0.4) is 0 Å². The molecule has 2 aliphatic rings. The van der Waals surface area contributed by atoms with Gasteiger partial charge in [-0.1, -0.05) is 25.7 Å². The fourth-order valence-electron chi connectivity index (χ4n) is 3.36. The van der Waals surface area contributed by atoms with Gasteiger partial charge < -0.3 is 20.4 Å². The number of nitrogens with zero attached hydrogens (tertiary/aromatic N) is 2. The van der Waals surface area contributed by atoms with E-state index in [1.807, 2.05) is 6.92 Å². The quantitative estimate of drug-likeness (QED) is 0.392. The second-order valence-corrected chi connectivity index (χ2v) is 6.60. The molecule has 0 atom stereocenters. The molecule has 2 N–H and O–H groups in total. The van der Waals surface area contributed by atoms with Crippen molar-refractivity contribution >= 4 is 17.7 Å². The van der Waals surface area contributed by atoms with E-state index in [2.05, 4.69) is 10.6 Å². The molecule has 136 valence electrons. The lowest BCUT2D eigenvalue weighted by atomic mass is 10.1. The van der Waals surface area contributed by atoms with Crippen LogP contribution in [-0.4, -0.2) is 72.8 Å². The van der Waals surface area contributed by atoms with Gasteiger partial charge in [0.1, 0.15) is 6.54 Å². The molecule has 7 heteroatoms. The molecule has 0 bridgehead atoms. The van der Waals surface area contributed by atoms with Crippen molar-refractivity contribution in [1.82, 2.24) is 20.4 Å². The van der Waals surface area contributed by atoms with E-state index in [9.17, 15) is 14.4 Å². The van der Waals surface area contributed by atoms with Crippen molar-refractivity contribution in [2.24, 2.45) is 0 Å². The van der Waals surface area contributed by atoms with Crippen molar-refractivity contribution in [1.29, 1.82) is 0 Å². The molecule has 0 radical (unpaired) electrons. The van der Waals surface area contributed by atoms with E-state index >= 15 is 0 Å². The summed E-state index contributed by atoms with van der Waals surface area (Å²) in [5.74, 6) is -1.29. The van der Waals surface area contributed by atoms with Gasteiger partial charge in [0.2, 0.25) is 5.91 Å². The third-order valence-electron chi connectivity index (χ3n) is 4.85. The molecule has 1 aliphatic heterocycles. The van der Waals surface area contributed by atoms with Gasteiger partial charge in [0.25, 0.3) is 0 Å². The summed E-state index contributed by atoms with van der Waals surface area (Å²) in [6.45, 7) is 4.54. The first-order valence-electron chi connectivity index (χ1n) is 9.20. The van der Waals surface area contributed by atoms with Gasteiger partial charge in [-0.2, -0.15) is 0 Å². The zero-order chi connectivity index (χ0) is 17.4.